The molecule has 1 aliphatic heterocycles. The Kier molecular flexibility index (Phi) is 5.53. The van der Waals surface area contributed by atoms with Gasteiger partial charge in [-0.1, -0.05) is 30.3 Å². The number of fused-ring (bicyclic) bond motifs is 1. The van der Waals surface area contributed by atoms with Gasteiger partial charge in [-0.05, 0) is 35.7 Å². The van der Waals surface area contributed by atoms with Crippen molar-refractivity contribution in [1.29, 1.82) is 0 Å². The predicted octanol–water partition coefficient (Wildman–Crippen LogP) is 2.89. The maximum absolute atomic E-state index is 12.4. The Bertz CT molecular complexity index is 838. The molecule has 0 bridgehead atoms. The van der Waals surface area contributed by atoms with Crippen molar-refractivity contribution in [3.05, 3.63) is 42.5 Å². The van der Waals surface area contributed by atoms with Crippen LogP contribution in [-0.2, 0) is 9.59 Å². The summed E-state index contributed by atoms with van der Waals surface area (Å²) in [7, 11) is 0. The van der Waals surface area contributed by atoms with E-state index in [-0.39, 0.29) is 6.61 Å². The predicted molar refractivity (Wildman–Crippen MR) is 93.2 cm³/mol. The number of ether oxygens (including phenoxy) is 1. The summed E-state index contributed by atoms with van der Waals surface area (Å²) in [5, 5.41) is 3.85. The molecule has 144 valence electrons. The van der Waals surface area contributed by atoms with Crippen molar-refractivity contribution in [2.75, 3.05) is 19.7 Å². The molecule has 1 saturated heterocycles. The third-order valence-corrected chi connectivity index (χ3v) is 4.42. The molecule has 0 spiro atoms. The fourth-order valence-electron chi connectivity index (χ4n) is 3.13. The van der Waals surface area contributed by atoms with Gasteiger partial charge in [-0.15, -0.1) is 0 Å². The number of benzene rings is 2. The smallest absolute Gasteiger partial charge is 0.405 e. The van der Waals surface area contributed by atoms with E-state index in [0.29, 0.717) is 25.1 Å². The Hall–Kier alpha value is -2.77. The van der Waals surface area contributed by atoms with Gasteiger partial charge < -0.3 is 15.0 Å². The topological polar surface area (TPSA) is 58.6 Å². The standard InChI is InChI=1S/C19H19F3N2O3/c20-19(21,22)12-23-18(26)16-6-3-9-24(16)17(25)11-27-15-8-7-13-4-1-2-5-14(13)10-15/h1-2,4-5,7-8,10,16H,3,6,9,11-12H2,(H,23,26). The van der Waals surface area contributed by atoms with Crippen LogP contribution >= 0.6 is 0 Å². The molecule has 1 unspecified atom stereocenters. The number of nitrogens with one attached hydrogen (secondary N) is 1. The SMILES string of the molecule is O=C(NCC(F)(F)F)C1CCCN1C(=O)COc1ccc2ccccc2c1. The molecule has 0 aromatic heterocycles. The largest absolute Gasteiger partial charge is 0.484 e. The van der Waals surface area contributed by atoms with Crippen molar-refractivity contribution in [1.82, 2.24) is 10.2 Å². The van der Waals surface area contributed by atoms with E-state index in [9.17, 15) is 22.8 Å². The molecule has 1 heterocycles. The van der Waals surface area contributed by atoms with Crippen LogP contribution < -0.4 is 10.1 Å². The fraction of sp³-hybridized carbons (Fsp3) is 0.368. The monoisotopic (exact) mass is 380 g/mol. The summed E-state index contributed by atoms with van der Waals surface area (Å²) < 4.78 is 42.3. The van der Waals surface area contributed by atoms with Gasteiger partial charge in [0.25, 0.3) is 5.91 Å². The number of halogens is 3. The van der Waals surface area contributed by atoms with Crippen LogP contribution in [0.25, 0.3) is 10.8 Å². The van der Waals surface area contributed by atoms with Gasteiger partial charge in [-0.25, -0.2) is 0 Å². The maximum Gasteiger partial charge on any atom is 0.405 e. The summed E-state index contributed by atoms with van der Waals surface area (Å²) in [5.41, 5.74) is 0. The Morgan fingerprint density at radius 1 is 1.15 bits per heavy atom. The highest BCUT2D eigenvalue weighted by Gasteiger charge is 2.36. The van der Waals surface area contributed by atoms with E-state index in [4.69, 9.17) is 4.74 Å². The van der Waals surface area contributed by atoms with Crippen LogP contribution in [-0.4, -0.2) is 48.6 Å². The number of carbonyl (C=O) groups excluding carboxylic acids is 2. The first-order valence-corrected chi connectivity index (χ1v) is 8.59. The molecule has 1 fully saturated rings. The van der Waals surface area contributed by atoms with Crippen LogP contribution in [0.2, 0.25) is 0 Å². The molecule has 5 nitrogen and oxygen atoms in total. The van der Waals surface area contributed by atoms with Gasteiger partial charge in [-0.2, -0.15) is 13.2 Å². The summed E-state index contributed by atoms with van der Waals surface area (Å²) in [6, 6.07) is 12.2. The number of likely N-dealkylation sites (tertiary alicyclic amines) is 1. The Balaban J connectivity index is 1.58. The van der Waals surface area contributed by atoms with Gasteiger partial charge in [-0.3, -0.25) is 9.59 Å². The van der Waals surface area contributed by atoms with Gasteiger partial charge in [0.2, 0.25) is 5.91 Å². The van der Waals surface area contributed by atoms with E-state index in [2.05, 4.69) is 0 Å². The summed E-state index contributed by atoms with van der Waals surface area (Å²) in [6.45, 7) is -1.36. The second-order valence-corrected chi connectivity index (χ2v) is 6.38. The number of hydrogen-bond acceptors (Lipinski definition) is 3. The van der Waals surface area contributed by atoms with Crippen molar-refractivity contribution < 1.29 is 27.5 Å². The fourth-order valence-corrected chi connectivity index (χ4v) is 3.13. The average Bonchev–Trinajstić information content (AvgIpc) is 3.13. The molecule has 27 heavy (non-hydrogen) atoms. The number of carbonyl (C=O) groups is 2. The van der Waals surface area contributed by atoms with Gasteiger partial charge in [0.05, 0.1) is 0 Å². The van der Waals surface area contributed by atoms with Crippen LogP contribution in [0.15, 0.2) is 42.5 Å². The van der Waals surface area contributed by atoms with Crippen LogP contribution in [0.3, 0.4) is 0 Å². The minimum absolute atomic E-state index is 0.276. The first-order valence-electron chi connectivity index (χ1n) is 8.59. The average molecular weight is 380 g/mol. The van der Waals surface area contributed by atoms with E-state index in [1.807, 2.05) is 35.6 Å². The summed E-state index contributed by atoms with van der Waals surface area (Å²) in [4.78, 5) is 25.7. The van der Waals surface area contributed by atoms with E-state index >= 15 is 0 Å². The quantitative estimate of drug-likeness (QED) is 0.868. The second-order valence-electron chi connectivity index (χ2n) is 6.38. The molecule has 1 N–H and O–H groups in total. The molecule has 2 aromatic carbocycles. The van der Waals surface area contributed by atoms with Gasteiger partial charge in [0.15, 0.2) is 6.61 Å². The number of alkyl halides is 3. The highest BCUT2D eigenvalue weighted by molar-refractivity contribution is 5.89. The lowest BCUT2D eigenvalue weighted by atomic mass is 10.1. The van der Waals surface area contributed by atoms with Gasteiger partial charge in [0.1, 0.15) is 18.3 Å². The molecule has 8 heteroatoms. The van der Waals surface area contributed by atoms with Crippen LogP contribution in [0.5, 0.6) is 5.75 Å². The number of rotatable bonds is 5. The van der Waals surface area contributed by atoms with Crippen LogP contribution in [0, 0.1) is 0 Å². The van der Waals surface area contributed by atoms with Crippen molar-refractivity contribution in [3.8, 4) is 5.75 Å². The zero-order valence-electron chi connectivity index (χ0n) is 14.5. The minimum Gasteiger partial charge on any atom is -0.484 e. The maximum atomic E-state index is 12.4. The highest BCUT2D eigenvalue weighted by Crippen LogP contribution is 2.22. The lowest BCUT2D eigenvalue weighted by molar-refractivity contribution is -0.145. The molecular formula is C19H19F3N2O3. The molecule has 2 aromatic rings. The molecular weight excluding hydrogens is 361 g/mol. The van der Waals surface area contributed by atoms with Crippen molar-refractivity contribution in [2.24, 2.45) is 0 Å². The summed E-state index contributed by atoms with van der Waals surface area (Å²) in [5.74, 6) is -0.698. The molecule has 0 saturated carbocycles. The Morgan fingerprint density at radius 3 is 2.63 bits per heavy atom. The first kappa shape index (κ1) is 19.0. The molecule has 2 amide bonds. The summed E-state index contributed by atoms with van der Waals surface area (Å²) >= 11 is 0. The zero-order valence-corrected chi connectivity index (χ0v) is 14.5. The van der Waals surface area contributed by atoms with Crippen molar-refractivity contribution in [3.63, 3.8) is 0 Å². The van der Waals surface area contributed by atoms with Gasteiger partial charge >= 0.3 is 6.18 Å². The first-order chi connectivity index (χ1) is 12.8. The van der Waals surface area contributed by atoms with E-state index in [1.165, 1.54) is 4.90 Å². The molecule has 0 aliphatic carbocycles. The number of nitrogens with zero attached hydrogens (tertiary/aromatic N) is 1. The molecule has 1 aliphatic rings. The molecule has 3 rings (SSSR count). The zero-order chi connectivity index (χ0) is 19.4. The van der Waals surface area contributed by atoms with Crippen molar-refractivity contribution >= 4 is 22.6 Å². The number of amides is 2. The molecule has 0 radical (unpaired) electrons. The van der Waals surface area contributed by atoms with E-state index in [1.54, 1.807) is 12.1 Å². The van der Waals surface area contributed by atoms with Crippen molar-refractivity contribution in [2.45, 2.75) is 25.1 Å². The lowest BCUT2D eigenvalue weighted by Gasteiger charge is -2.24. The third kappa shape index (κ3) is 4.90. The van der Waals surface area contributed by atoms with Crippen LogP contribution in [0.4, 0.5) is 13.2 Å². The number of hydrogen-bond donors (Lipinski definition) is 1. The van der Waals surface area contributed by atoms with E-state index in [0.717, 1.165) is 10.8 Å². The normalized spacial score (nSPS) is 17.1. The van der Waals surface area contributed by atoms with Crippen LogP contribution in [0.1, 0.15) is 12.8 Å². The summed E-state index contributed by atoms with van der Waals surface area (Å²) in [6.07, 6.45) is -3.58. The van der Waals surface area contributed by atoms with Gasteiger partial charge in [0, 0.05) is 6.54 Å². The third-order valence-electron chi connectivity index (χ3n) is 4.42. The minimum atomic E-state index is -4.48. The Morgan fingerprint density at radius 2 is 1.89 bits per heavy atom. The highest BCUT2D eigenvalue weighted by atomic mass is 19.4. The lowest BCUT2D eigenvalue weighted by Crippen LogP contribution is -2.49. The Labute approximate surface area is 154 Å². The molecule has 1 atom stereocenters. The van der Waals surface area contributed by atoms with E-state index < -0.39 is 30.6 Å². The second kappa shape index (κ2) is 7.85.